The van der Waals surface area contributed by atoms with Crippen molar-refractivity contribution in [2.75, 3.05) is 33.6 Å². The van der Waals surface area contributed by atoms with Crippen molar-refractivity contribution >= 4 is 11.8 Å². The molecule has 1 aliphatic heterocycles. The van der Waals surface area contributed by atoms with Crippen molar-refractivity contribution in [2.45, 2.75) is 24.2 Å². The summed E-state index contributed by atoms with van der Waals surface area (Å²) in [5.41, 5.74) is 0.909. The van der Waals surface area contributed by atoms with Gasteiger partial charge in [-0.1, -0.05) is 0 Å². The van der Waals surface area contributed by atoms with Crippen LogP contribution in [0.4, 0.5) is 4.39 Å². The van der Waals surface area contributed by atoms with Gasteiger partial charge in [-0.2, -0.15) is 0 Å². The predicted molar refractivity (Wildman–Crippen MR) is 80.6 cm³/mol. The minimum atomic E-state index is -0.223. The highest BCUT2D eigenvalue weighted by Crippen LogP contribution is 2.42. The molecule has 0 saturated carbocycles. The molecule has 1 heterocycles. The van der Waals surface area contributed by atoms with E-state index in [1.807, 2.05) is 6.26 Å². The molecule has 0 radical (unpaired) electrons. The second-order valence-electron chi connectivity index (χ2n) is 5.01. The normalized spacial score (nSPS) is 16.2. The third-order valence-electron chi connectivity index (χ3n) is 3.80. The highest BCUT2D eigenvalue weighted by molar-refractivity contribution is 7.98. The third-order valence-corrected chi connectivity index (χ3v) is 4.59. The molecule has 0 amide bonds. The van der Waals surface area contributed by atoms with E-state index in [0.29, 0.717) is 22.3 Å². The summed E-state index contributed by atoms with van der Waals surface area (Å²) in [7, 11) is 3.18. The summed E-state index contributed by atoms with van der Waals surface area (Å²) in [4.78, 5) is 0.512. The van der Waals surface area contributed by atoms with E-state index in [2.05, 4.69) is 5.32 Å². The molecule has 0 aromatic heterocycles. The van der Waals surface area contributed by atoms with Gasteiger partial charge in [-0.15, -0.1) is 11.8 Å². The van der Waals surface area contributed by atoms with Crippen molar-refractivity contribution in [3.63, 3.8) is 0 Å². The fourth-order valence-electron chi connectivity index (χ4n) is 2.79. The number of hydrogen-bond acceptors (Lipinski definition) is 4. The molecule has 0 spiro atoms. The molecule has 20 heavy (non-hydrogen) atoms. The molecule has 112 valence electrons. The van der Waals surface area contributed by atoms with Crippen molar-refractivity contribution in [2.24, 2.45) is 5.92 Å². The van der Waals surface area contributed by atoms with E-state index in [1.165, 1.54) is 11.8 Å². The number of methoxy groups -OCH3 is 2. The maximum absolute atomic E-state index is 14.2. The number of nitrogens with one attached hydrogen (secondary N) is 1. The van der Waals surface area contributed by atoms with Gasteiger partial charge < -0.3 is 14.8 Å². The Kier molecular flexibility index (Phi) is 5.54. The van der Waals surface area contributed by atoms with Crippen LogP contribution < -0.4 is 14.8 Å². The summed E-state index contributed by atoms with van der Waals surface area (Å²) in [6.07, 6.45) is 4.92. The molecule has 0 bridgehead atoms. The number of benzene rings is 1. The van der Waals surface area contributed by atoms with Gasteiger partial charge in [0.15, 0.2) is 11.5 Å². The lowest BCUT2D eigenvalue weighted by atomic mass is 9.90. The zero-order valence-electron chi connectivity index (χ0n) is 12.3. The van der Waals surface area contributed by atoms with Gasteiger partial charge in [-0.05, 0) is 50.6 Å². The van der Waals surface area contributed by atoms with Gasteiger partial charge in [-0.3, -0.25) is 0 Å². The van der Waals surface area contributed by atoms with E-state index >= 15 is 0 Å². The van der Waals surface area contributed by atoms with Crippen LogP contribution in [0, 0.1) is 11.7 Å². The van der Waals surface area contributed by atoms with Crippen molar-refractivity contribution in [3.05, 3.63) is 17.4 Å². The topological polar surface area (TPSA) is 30.5 Å². The van der Waals surface area contributed by atoms with Gasteiger partial charge in [-0.25, -0.2) is 4.39 Å². The molecule has 0 unspecified atom stereocenters. The molecule has 3 nitrogen and oxygen atoms in total. The summed E-state index contributed by atoms with van der Waals surface area (Å²) < 4.78 is 25.1. The van der Waals surface area contributed by atoms with Crippen LogP contribution in [0.3, 0.4) is 0 Å². The van der Waals surface area contributed by atoms with Crippen molar-refractivity contribution in [3.8, 4) is 11.5 Å². The summed E-state index contributed by atoms with van der Waals surface area (Å²) in [6.45, 7) is 2.07. The lowest BCUT2D eigenvalue weighted by Gasteiger charge is -2.24. The fourth-order valence-corrected chi connectivity index (χ4v) is 3.40. The third kappa shape index (κ3) is 3.20. The van der Waals surface area contributed by atoms with Crippen LogP contribution in [0.1, 0.15) is 18.4 Å². The van der Waals surface area contributed by atoms with E-state index < -0.39 is 0 Å². The largest absolute Gasteiger partial charge is 0.493 e. The molecule has 1 fully saturated rings. The van der Waals surface area contributed by atoms with Gasteiger partial charge in [0.25, 0.3) is 0 Å². The first-order valence-corrected chi connectivity index (χ1v) is 8.11. The Balaban J connectivity index is 2.33. The first kappa shape index (κ1) is 15.4. The molecule has 1 aromatic carbocycles. The zero-order valence-corrected chi connectivity index (χ0v) is 13.1. The Labute approximate surface area is 124 Å². The number of thioether (sulfide) groups is 1. The Hall–Kier alpha value is -0.940. The molecule has 1 aliphatic rings. The minimum absolute atomic E-state index is 0.223. The quantitative estimate of drug-likeness (QED) is 0.846. The average Bonchev–Trinajstić information content (AvgIpc) is 2.47. The fraction of sp³-hybridized carbons (Fsp3) is 0.600. The molecular formula is C15H22FNO2S. The van der Waals surface area contributed by atoms with Gasteiger partial charge in [0, 0.05) is 5.56 Å². The predicted octanol–water partition coefficient (Wildman–Crippen LogP) is 3.11. The first-order valence-electron chi connectivity index (χ1n) is 6.89. The Bertz CT molecular complexity index is 462. The first-order chi connectivity index (χ1) is 9.71. The smallest absolute Gasteiger partial charge is 0.177 e. The van der Waals surface area contributed by atoms with Crippen LogP contribution in [-0.2, 0) is 6.42 Å². The van der Waals surface area contributed by atoms with Crippen LogP contribution in [-0.4, -0.2) is 33.6 Å². The molecule has 5 heteroatoms. The van der Waals surface area contributed by atoms with Crippen LogP contribution in [0.15, 0.2) is 11.0 Å². The summed E-state index contributed by atoms with van der Waals surface area (Å²) in [5.74, 6) is 1.55. The molecule has 1 N–H and O–H groups in total. The van der Waals surface area contributed by atoms with Gasteiger partial charge >= 0.3 is 0 Å². The molecule has 0 atom stereocenters. The van der Waals surface area contributed by atoms with E-state index in [1.54, 1.807) is 20.3 Å². The van der Waals surface area contributed by atoms with Crippen molar-refractivity contribution in [1.82, 2.24) is 5.32 Å². The van der Waals surface area contributed by atoms with E-state index in [4.69, 9.17) is 9.47 Å². The number of halogens is 1. The lowest BCUT2D eigenvalue weighted by molar-refractivity contribution is 0.329. The highest BCUT2D eigenvalue weighted by Gasteiger charge is 2.22. The lowest BCUT2D eigenvalue weighted by Crippen LogP contribution is -2.28. The molecular weight excluding hydrogens is 277 g/mol. The Morgan fingerprint density at radius 3 is 2.45 bits per heavy atom. The van der Waals surface area contributed by atoms with Crippen molar-refractivity contribution in [1.29, 1.82) is 0 Å². The van der Waals surface area contributed by atoms with Gasteiger partial charge in [0.1, 0.15) is 5.82 Å². The zero-order chi connectivity index (χ0) is 14.5. The maximum atomic E-state index is 14.2. The number of hydrogen-bond donors (Lipinski definition) is 1. The van der Waals surface area contributed by atoms with E-state index in [0.717, 1.165) is 37.9 Å². The Morgan fingerprint density at radius 2 is 1.90 bits per heavy atom. The minimum Gasteiger partial charge on any atom is -0.493 e. The highest BCUT2D eigenvalue weighted by atomic mass is 32.2. The number of rotatable bonds is 5. The van der Waals surface area contributed by atoms with Gasteiger partial charge in [0.05, 0.1) is 19.1 Å². The molecule has 2 rings (SSSR count). The average molecular weight is 299 g/mol. The maximum Gasteiger partial charge on any atom is 0.177 e. The molecule has 1 saturated heterocycles. The van der Waals surface area contributed by atoms with Gasteiger partial charge in [0.2, 0.25) is 0 Å². The summed E-state index contributed by atoms with van der Waals surface area (Å²) in [5, 5.41) is 3.35. The SMILES string of the molecule is COc1c(CC2CCNCC2)cc(F)c(SC)c1OC. The summed E-state index contributed by atoms with van der Waals surface area (Å²) >= 11 is 1.34. The molecule has 0 aliphatic carbocycles. The van der Waals surface area contributed by atoms with Crippen LogP contribution in [0.5, 0.6) is 11.5 Å². The van der Waals surface area contributed by atoms with Crippen LogP contribution >= 0.6 is 11.8 Å². The molecule has 1 aromatic rings. The monoisotopic (exact) mass is 299 g/mol. The van der Waals surface area contributed by atoms with E-state index in [9.17, 15) is 4.39 Å². The number of piperidine rings is 1. The second kappa shape index (κ2) is 7.18. The standard InChI is InChI=1S/C15H22FNO2S/c1-18-13-11(8-10-4-6-17-7-5-10)9-12(16)15(20-3)14(13)19-2/h9-10,17H,4-8H2,1-3H3. The second-order valence-corrected chi connectivity index (χ2v) is 5.83. The summed E-state index contributed by atoms with van der Waals surface area (Å²) in [6, 6.07) is 1.61. The van der Waals surface area contributed by atoms with E-state index in [-0.39, 0.29) is 5.82 Å². The van der Waals surface area contributed by atoms with Crippen LogP contribution in [0.2, 0.25) is 0 Å². The number of ether oxygens (including phenoxy) is 2. The van der Waals surface area contributed by atoms with Crippen LogP contribution in [0.25, 0.3) is 0 Å². The van der Waals surface area contributed by atoms with Crippen molar-refractivity contribution < 1.29 is 13.9 Å². The Morgan fingerprint density at radius 1 is 1.25 bits per heavy atom.